The zero-order valence-electron chi connectivity index (χ0n) is 14.6. The van der Waals surface area contributed by atoms with Crippen LogP contribution in [0.5, 0.6) is 0 Å². The first-order valence-electron chi connectivity index (χ1n) is 8.48. The smallest absolute Gasteiger partial charge is 0.312 e. The molecule has 3 rings (SSSR count). The molecule has 0 bridgehead atoms. The maximum atomic E-state index is 12.5. The molecule has 0 spiro atoms. The Morgan fingerprint density at radius 3 is 2.80 bits per heavy atom. The molecule has 1 aliphatic heterocycles. The third-order valence-corrected chi connectivity index (χ3v) is 6.40. The molecule has 5 atom stereocenters. The first kappa shape index (κ1) is 17.7. The van der Waals surface area contributed by atoms with Crippen molar-refractivity contribution in [3.05, 3.63) is 21.8 Å². The summed E-state index contributed by atoms with van der Waals surface area (Å²) >= 11 is 0. The summed E-state index contributed by atoms with van der Waals surface area (Å²) < 4.78 is 10.4. The second kappa shape index (κ2) is 6.00. The van der Waals surface area contributed by atoms with Crippen molar-refractivity contribution in [3.63, 3.8) is 0 Å². The van der Waals surface area contributed by atoms with Crippen molar-refractivity contribution >= 4 is 11.9 Å². The lowest BCUT2D eigenvalue weighted by Crippen LogP contribution is -2.53. The maximum Gasteiger partial charge on any atom is 0.312 e. The Morgan fingerprint density at radius 2 is 2.16 bits per heavy atom. The zero-order valence-corrected chi connectivity index (χ0v) is 14.6. The molecule has 0 aromatic heterocycles. The van der Waals surface area contributed by atoms with Crippen molar-refractivity contribution < 1.29 is 29.0 Å². The van der Waals surface area contributed by atoms with Crippen molar-refractivity contribution in [1.29, 1.82) is 0 Å². The number of carbonyl (C=O) groups is 2. The Kier molecular flexibility index (Phi) is 4.25. The lowest BCUT2D eigenvalue weighted by atomic mass is 9.48. The molecule has 0 N–H and O–H groups in total. The molecule has 0 unspecified atom stereocenters. The SMILES string of the molecule is COC(=O)C[C@H]1C(CO[N+](=O)[O-])=C[C@H]2OC(=O)[C@@]3(C)CCC[C@@]1(C)[C@@H]23. The molecule has 3 aliphatic rings. The number of hydrogen-bond donors (Lipinski definition) is 0. The van der Waals surface area contributed by atoms with E-state index in [4.69, 9.17) is 9.47 Å². The van der Waals surface area contributed by atoms with Crippen molar-refractivity contribution in [3.8, 4) is 0 Å². The molecule has 0 aromatic carbocycles. The molecule has 0 aromatic rings. The number of rotatable bonds is 5. The molecule has 8 nitrogen and oxygen atoms in total. The predicted molar refractivity (Wildman–Crippen MR) is 84.6 cm³/mol. The number of esters is 2. The fourth-order valence-corrected chi connectivity index (χ4v) is 5.33. The van der Waals surface area contributed by atoms with Crippen molar-refractivity contribution in [1.82, 2.24) is 0 Å². The minimum atomic E-state index is -0.851. The summed E-state index contributed by atoms with van der Waals surface area (Å²) in [6.07, 6.45) is 3.83. The average Bonchev–Trinajstić information content (AvgIpc) is 2.80. The predicted octanol–water partition coefficient (Wildman–Crippen LogP) is 2.05. The van der Waals surface area contributed by atoms with Crippen LogP contribution >= 0.6 is 0 Å². The fraction of sp³-hybridized carbons (Fsp3) is 0.765. The van der Waals surface area contributed by atoms with Crippen LogP contribution in [0.2, 0.25) is 0 Å². The van der Waals surface area contributed by atoms with Crippen molar-refractivity contribution in [2.75, 3.05) is 13.7 Å². The number of hydrogen-bond acceptors (Lipinski definition) is 7. The molecule has 138 valence electrons. The van der Waals surface area contributed by atoms with E-state index in [0.29, 0.717) is 5.57 Å². The van der Waals surface area contributed by atoms with Crippen LogP contribution in [-0.4, -0.2) is 36.8 Å². The van der Waals surface area contributed by atoms with Gasteiger partial charge in [-0.2, -0.15) is 0 Å². The van der Waals surface area contributed by atoms with E-state index in [1.807, 2.05) is 6.92 Å². The fourth-order valence-electron chi connectivity index (χ4n) is 5.33. The Bertz CT molecular complexity index is 645. The largest absolute Gasteiger partial charge is 0.469 e. The third kappa shape index (κ3) is 2.67. The van der Waals surface area contributed by atoms with Gasteiger partial charge >= 0.3 is 11.9 Å². The maximum absolute atomic E-state index is 12.5. The molecule has 8 heteroatoms. The van der Waals surface area contributed by atoms with Gasteiger partial charge in [0.05, 0.1) is 18.9 Å². The van der Waals surface area contributed by atoms with E-state index in [-0.39, 0.29) is 42.2 Å². The topological polar surface area (TPSA) is 105 Å². The molecule has 0 amide bonds. The molecule has 2 aliphatic carbocycles. The van der Waals surface area contributed by atoms with Crippen LogP contribution in [0.15, 0.2) is 11.6 Å². The highest BCUT2D eigenvalue weighted by molar-refractivity contribution is 5.80. The minimum absolute atomic E-state index is 0.0599. The molecule has 25 heavy (non-hydrogen) atoms. The van der Waals surface area contributed by atoms with Crippen LogP contribution in [0.1, 0.15) is 39.5 Å². The van der Waals surface area contributed by atoms with Gasteiger partial charge < -0.3 is 14.3 Å². The van der Waals surface area contributed by atoms with Gasteiger partial charge in [0.2, 0.25) is 0 Å². The van der Waals surface area contributed by atoms with Crippen LogP contribution < -0.4 is 0 Å². The highest BCUT2D eigenvalue weighted by Gasteiger charge is 2.65. The molecular formula is C17H23NO7. The summed E-state index contributed by atoms with van der Waals surface area (Å²) in [4.78, 5) is 39.7. The third-order valence-electron chi connectivity index (χ3n) is 6.40. The first-order chi connectivity index (χ1) is 11.7. The lowest BCUT2D eigenvalue weighted by Gasteiger charge is -2.54. The first-order valence-corrected chi connectivity index (χ1v) is 8.48. The van der Waals surface area contributed by atoms with Crippen LogP contribution in [0.25, 0.3) is 0 Å². The number of carbonyl (C=O) groups excluding carboxylic acids is 2. The van der Waals surface area contributed by atoms with Gasteiger partial charge in [-0.1, -0.05) is 13.3 Å². The molecular weight excluding hydrogens is 330 g/mol. The number of nitrogens with zero attached hydrogens (tertiary/aromatic N) is 1. The Labute approximate surface area is 145 Å². The quantitative estimate of drug-likeness (QED) is 0.322. The Morgan fingerprint density at radius 1 is 1.44 bits per heavy atom. The van der Waals surface area contributed by atoms with Crippen LogP contribution in [0.3, 0.4) is 0 Å². The van der Waals surface area contributed by atoms with E-state index < -0.39 is 16.6 Å². The summed E-state index contributed by atoms with van der Waals surface area (Å²) in [5, 5.41) is 9.78. The standard InChI is InChI=1S/C17H23NO7/c1-16-5-4-6-17(2)14(16)12(25-15(17)20)7-10(9-24-18(21)22)11(16)8-13(19)23-3/h7,11-12,14H,4-6,8-9H2,1-3H3/t11-,12+,14+,16+,17-/m0/s1. The van der Waals surface area contributed by atoms with E-state index in [1.165, 1.54) is 7.11 Å². The highest BCUT2D eigenvalue weighted by Crippen LogP contribution is 2.64. The monoisotopic (exact) mass is 353 g/mol. The summed E-state index contributed by atoms with van der Waals surface area (Å²) in [7, 11) is 1.32. The summed E-state index contributed by atoms with van der Waals surface area (Å²) in [5.41, 5.74) is -0.343. The lowest BCUT2D eigenvalue weighted by molar-refractivity contribution is -0.755. The minimum Gasteiger partial charge on any atom is -0.469 e. The molecule has 1 saturated carbocycles. The molecule has 2 fully saturated rings. The van der Waals surface area contributed by atoms with Gasteiger partial charge in [0.1, 0.15) is 12.7 Å². The van der Waals surface area contributed by atoms with Crippen LogP contribution in [0.4, 0.5) is 0 Å². The molecule has 0 radical (unpaired) electrons. The van der Waals surface area contributed by atoms with E-state index in [9.17, 15) is 19.7 Å². The Balaban J connectivity index is 2.03. The molecule has 1 heterocycles. The highest BCUT2D eigenvalue weighted by atomic mass is 16.9. The van der Waals surface area contributed by atoms with Crippen LogP contribution in [-0.2, 0) is 23.9 Å². The average molecular weight is 353 g/mol. The summed E-state index contributed by atoms with van der Waals surface area (Å²) in [6.45, 7) is 3.75. The number of ether oxygens (including phenoxy) is 2. The van der Waals surface area contributed by atoms with E-state index in [2.05, 4.69) is 11.8 Å². The van der Waals surface area contributed by atoms with E-state index >= 15 is 0 Å². The van der Waals surface area contributed by atoms with Gasteiger partial charge in [0, 0.05) is 5.92 Å². The van der Waals surface area contributed by atoms with Gasteiger partial charge in [-0.15, -0.1) is 10.1 Å². The second-order valence-corrected chi connectivity index (χ2v) is 7.70. The van der Waals surface area contributed by atoms with Gasteiger partial charge in [-0.25, -0.2) is 0 Å². The van der Waals surface area contributed by atoms with Gasteiger partial charge in [0.15, 0.2) is 0 Å². The summed E-state index contributed by atoms with van der Waals surface area (Å²) in [6, 6.07) is 0. The van der Waals surface area contributed by atoms with Crippen molar-refractivity contribution in [2.45, 2.75) is 45.6 Å². The van der Waals surface area contributed by atoms with E-state index in [1.54, 1.807) is 6.08 Å². The second-order valence-electron chi connectivity index (χ2n) is 7.70. The van der Waals surface area contributed by atoms with Crippen molar-refractivity contribution in [2.24, 2.45) is 22.7 Å². The normalized spacial score (nSPS) is 39.1. The van der Waals surface area contributed by atoms with Gasteiger partial charge in [-0.3, -0.25) is 9.59 Å². The van der Waals surface area contributed by atoms with Gasteiger partial charge in [-0.05, 0) is 42.7 Å². The number of methoxy groups -OCH3 is 1. The van der Waals surface area contributed by atoms with Gasteiger partial charge in [0.25, 0.3) is 5.09 Å². The summed E-state index contributed by atoms with van der Waals surface area (Å²) in [5.74, 6) is -0.947. The van der Waals surface area contributed by atoms with E-state index in [0.717, 1.165) is 19.3 Å². The zero-order chi connectivity index (χ0) is 18.4. The van der Waals surface area contributed by atoms with Crippen LogP contribution in [0, 0.1) is 32.8 Å². The Hall–Kier alpha value is -2.12. The molecule has 1 saturated heterocycles.